The van der Waals surface area contributed by atoms with E-state index < -0.39 is 0 Å². The van der Waals surface area contributed by atoms with Crippen molar-refractivity contribution in [3.8, 4) is 0 Å². The second-order valence-corrected chi connectivity index (χ2v) is 6.55. The van der Waals surface area contributed by atoms with E-state index in [1.165, 1.54) is 0 Å². The van der Waals surface area contributed by atoms with Crippen LogP contribution in [0.3, 0.4) is 0 Å². The molecule has 1 aliphatic carbocycles. The minimum absolute atomic E-state index is 0.158. The van der Waals surface area contributed by atoms with Crippen LogP contribution in [-0.4, -0.2) is 52.9 Å². The first-order valence-corrected chi connectivity index (χ1v) is 8.39. The van der Waals surface area contributed by atoms with Crippen LogP contribution in [0.2, 0.25) is 0 Å². The van der Waals surface area contributed by atoms with Crippen molar-refractivity contribution in [2.24, 2.45) is 11.7 Å². The summed E-state index contributed by atoms with van der Waals surface area (Å²) in [5.41, 5.74) is 7.11. The first-order valence-electron chi connectivity index (χ1n) is 8.39. The predicted octanol–water partition coefficient (Wildman–Crippen LogP) is 1.24. The fourth-order valence-electron chi connectivity index (χ4n) is 3.56. The lowest BCUT2D eigenvalue weighted by Crippen LogP contribution is -2.51. The summed E-state index contributed by atoms with van der Waals surface area (Å²) in [5, 5.41) is 0. The molecule has 0 aromatic carbocycles. The quantitative estimate of drug-likeness (QED) is 0.912. The zero-order valence-electron chi connectivity index (χ0n) is 13.2. The van der Waals surface area contributed by atoms with E-state index in [2.05, 4.69) is 16.0 Å². The Morgan fingerprint density at radius 3 is 2.73 bits per heavy atom. The third-order valence-electron chi connectivity index (χ3n) is 4.86. The Kier molecular flexibility index (Phi) is 5.05. The first kappa shape index (κ1) is 15.4. The molecule has 1 amide bonds. The van der Waals surface area contributed by atoms with Crippen molar-refractivity contribution in [1.82, 2.24) is 14.8 Å². The van der Waals surface area contributed by atoms with Crippen LogP contribution < -0.4 is 5.73 Å². The molecule has 0 unspecified atom stereocenters. The number of hydrogen-bond acceptors (Lipinski definition) is 4. The Bertz CT molecular complexity index is 485. The third-order valence-corrected chi connectivity index (χ3v) is 4.86. The van der Waals surface area contributed by atoms with Crippen molar-refractivity contribution < 1.29 is 4.79 Å². The minimum atomic E-state index is 0.158. The van der Waals surface area contributed by atoms with Gasteiger partial charge < -0.3 is 10.6 Å². The van der Waals surface area contributed by atoms with E-state index in [9.17, 15) is 4.79 Å². The van der Waals surface area contributed by atoms with Crippen LogP contribution >= 0.6 is 0 Å². The van der Waals surface area contributed by atoms with Gasteiger partial charge in [0, 0.05) is 50.9 Å². The lowest BCUT2D eigenvalue weighted by molar-refractivity contribution is -0.138. The zero-order chi connectivity index (χ0) is 15.4. The predicted molar refractivity (Wildman–Crippen MR) is 86.0 cm³/mol. The van der Waals surface area contributed by atoms with Gasteiger partial charge in [-0.15, -0.1) is 0 Å². The molecule has 1 saturated carbocycles. The average Bonchev–Trinajstić information content (AvgIpc) is 2.56. The Morgan fingerprint density at radius 1 is 1.23 bits per heavy atom. The lowest BCUT2D eigenvalue weighted by Gasteiger charge is -2.37. The van der Waals surface area contributed by atoms with Gasteiger partial charge in [-0.05, 0) is 31.4 Å². The smallest absolute Gasteiger partial charge is 0.225 e. The highest BCUT2D eigenvalue weighted by atomic mass is 16.2. The van der Waals surface area contributed by atoms with E-state index >= 15 is 0 Å². The van der Waals surface area contributed by atoms with Crippen LogP contribution in [0, 0.1) is 5.92 Å². The maximum absolute atomic E-state index is 12.6. The summed E-state index contributed by atoms with van der Waals surface area (Å²) in [6.07, 6.45) is 5.88. The molecular weight excluding hydrogens is 276 g/mol. The minimum Gasteiger partial charge on any atom is -0.340 e. The maximum Gasteiger partial charge on any atom is 0.225 e. The molecule has 2 fully saturated rings. The number of rotatable bonds is 3. The number of pyridine rings is 1. The fraction of sp³-hybridized carbons (Fsp3) is 0.647. The van der Waals surface area contributed by atoms with Gasteiger partial charge in [0.1, 0.15) is 0 Å². The van der Waals surface area contributed by atoms with Crippen molar-refractivity contribution in [3.63, 3.8) is 0 Å². The van der Waals surface area contributed by atoms with E-state index in [4.69, 9.17) is 5.73 Å². The van der Waals surface area contributed by atoms with Crippen LogP contribution in [-0.2, 0) is 11.3 Å². The van der Waals surface area contributed by atoms with Gasteiger partial charge in [0.2, 0.25) is 5.91 Å². The van der Waals surface area contributed by atoms with E-state index in [0.717, 1.165) is 64.1 Å². The van der Waals surface area contributed by atoms with Crippen molar-refractivity contribution in [3.05, 3.63) is 30.1 Å². The number of aromatic nitrogens is 1. The number of nitrogens with two attached hydrogens (primary N) is 1. The molecule has 2 atom stereocenters. The molecule has 2 heterocycles. The highest BCUT2D eigenvalue weighted by Gasteiger charge is 2.30. The summed E-state index contributed by atoms with van der Waals surface area (Å²) in [6, 6.07) is 6.23. The van der Waals surface area contributed by atoms with Crippen LogP contribution in [0.15, 0.2) is 24.4 Å². The number of amides is 1. The monoisotopic (exact) mass is 302 g/mol. The molecule has 1 saturated heterocycles. The summed E-state index contributed by atoms with van der Waals surface area (Å²) >= 11 is 0. The molecule has 120 valence electrons. The van der Waals surface area contributed by atoms with Gasteiger partial charge in [-0.1, -0.05) is 12.5 Å². The second-order valence-electron chi connectivity index (χ2n) is 6.55. The van der Waals surface area contributed by atoms with Crippen LogP contribution in [0.25, 0.3) is 0 Å². The van der Waals surface area contributed by atoms with Gasteiger partial charge in [0.25, 0.3) is 0 Å². The SMILES string of the molecule is N[C@@H]1CCC[C@@H](C(=O)N2CCN(Cc3ccccn3)CC2)C1. The Morgan fingerprint density at radius 2 is 2.05 bits per heavy atom. The van der Waals surface area contributed by atoms with Gasteiger partial charge in [-0.3, -0.25) is 14.7 Å². The molecule has 2 aliphatic rings. The Labute approximate surface area is 132 Å². The van der Waals surface area contributed by atoms with E-state index in [1.54, 1.807) is 0 Å². The molecule has 1 aromatic heterocycles. The molecular formula is C17H26N4O. The number of piperazine rings is 1. The largest absolute Gasteiger partial charge is 0.340 e. The first-order chi connectivity index (χ1) is 10.7. The van der Waals surface area contributed by atoms with Gasteiger partial charge in [-0.25, -0.2) is 0 Å². The highest BCUT2D eigenvalue weighted by molar-refractivity contribution is 5.79. The Balaban J connectivity index is 1.48. The summed E-state index contributed by atoms with van der Waals surface area (Å²) in [6.45, 7) is 4.40. The summed E-state index contributed by atoms with van der Waals surface area (Å²) < 4.78 is 0. The Hall–Kier alpha value is -1.46. The molecule has 1 aliphatic heterocycles. The number of carbonyl (C=O) groups is 1. The molecule has 3 rings (SSSR count). The topological polar surface area (TPSA) is 62.5 Å². The molecule has 0 bridgehead atoms. The third kappa shape index (κ3) is 3.84. The van der Waals surface area contributed by atoms with Crippen molar-refractivity contribution in [2.45, 2.75) is 38.3 Å². The van der Waals surface area contributed by atoms with Gasteiger partial charge >= 0.3 is 0 Å². The standard InChI is InChI=1S/C17H26N4O/c18-15-5-3-4-14(12-15)17(22)21-10-8-20(9-11-21)13-16-6-1-2-7-19-16/h1-2,6-7,14-15H,3-5,8-13,18H2/t14-,15-/m1/s1. The second kappa shape index (κ2) is 7.20. The van der Waals surface area contributed by atoms with Crippen molar-refractivity contribution >= 4 is 5.91 Å². The zero-order valence-corrected chi connectivity index (χ0v) is 13.2. The molecule has 22 heavy (non-hydrogen) atoms. The summed E-state index contributed by atoms with van der Waals surface area (Å²) in [7, 11) is 0. The number of nitrogens with zero attached hydrogens (tertiary/aromatic N) is 3. The molecule has 2 N–H and O–H groups in total. The highest BCUT2D eigenvalue weighted by Crippen LogP contribution is 2.25. The molecule has 5 heteroatoms. The van der Waals surface area contributed by atoms with Crippen LogP contribution in [0.5, 0.6) is 0 Å². The summed E-state index contributed by atoms with van der Waals surface area (Å²) in [4.78, 5) is 21.4. The molecule has 0 radical (unpaired) electrons. The number of hydrogen-bond donors (Lipinski definition) is 1. The maximum atomic E-state index is 12.6. The van der Waals surface area contributed by atoms with Crippen LogP contribution in [0.1, 0.15) is 31.4 Å². The van der Waals surface area contributed by atoms with Gasteiger partial charge in [0.15, 0.2) is 0 Å². The van der Waals surface area contributed by atoms with E-state index in [0.29, 0.717) is 5.91 Å². The van der Waals surface area contributed by atoms with Gasteiger partial charge in [0.05, 0.1) is 5.69 Å². The average molecular weight is 302 g/mol. The van der Waals surface area contributed by atoms with Crippen molar-refractivity contribution in [1.29, 1.82) is 0 Å². The van der Waals surface area contributed by atoms with E-state index in [1.807, 2.05) is 23.2 Å². The van der Waals surface area contributed by atoms with Crippen LogP contribution in [0.4, 0.5) is 0 Å². The van der Waals surface area contributed by atoms with E-state index in [-0.39, 0.29) is 12.0 Å². The van der Waals surface area contributed by atoms with Crippen molar-refractivity contribution in [2.75, 3.05) is 26.2 Å². The summed E-state index contributed by atoms with van der Waals surface area (Å²) in [5.74, 6) is 0.485. The molecule has 5 nitrogen and oxygen atoms in total. The van der Waals surface area contributed by atoms with Gasteiger partial charge in [-0.2, -0.15) is 0 Å². The molecule has 0 spiro atoms. The molecule has 1 aromatic rings. The lowest BCUT2D eigenvalue weighted by atomic mass is 9.85. The number of carbonyl (C=O) groups excluding carboxylic acids is 1. The fourth-order valence-corrected chi connectivity index (χ4v) is 3.56. The normalized spacial score (nSPS) is 26.9.